The van der Waals surface area contributed by atoms with Gasteiger partial charge >= 0.3 is 0 Å². The monoisotopic (exact) mass is 253 g/mol. The van der Waals surface area contributed by atoms with Crippen LogP contribution in [0.3, 0.4) is 0 Å². The minimum Gasteiger partial charge on any atom is -0.383 e. The highest BCUT2D eigenvalue weighted by Crippen LogP contribution is 2.13. The summed E-state index contributed by atoms with van der Waals surface area (Å²) in [6, 6.07) is 0. The summed E-state index contributed by atoms with van der Waals surface area (Å²) in [6.45, 7) is 4.23. The Morgan fingerprint density at radius 1 is 1.50 bits per heavy atom. The largest absolute Gasteiger partial charge is 0.383 e. The van der Waals surface area contributed by atoms with Crippen molar-refractivity contribution in [1.29, 1.82) is 0 Å². The van der Waals surface area contributed by atoms with Gasteiger partial charge in [0, 0.05) is 13.6 Å². The number of carbonyl (C=O) groups excluding carboxylic acids is 2. The summed E-state index contributed by atoms with van der Waals surface area (Å²) in [5.74, 6) is -0.371. The number of nitrogens with two attached hydrogens (primary N) is 2. The molecule has 1 rings (SSSR count). The van der Waals surface area contributed by atoms with Crippen LogP contribution in [0.2, 0.25) is 0 Å². The van der Waals surface area contributed by atoms with Crippen LogP contribution in [-0.2, 0) is 11.8 Å². The maximum Gasteiger partial charge on any atom is 0.259 e. The number of carbonyl (C=O) groups is 2. The zero-order chi connectivity index (χ0) is 13.9. The molecule has 0 spiro atoms. The zero-order valence-electron chi connectivity index (χ0n) is 10.9. The summed E-state index contributed by atoms with van der Waals surface area (Å²) >= 11 is 0. The molecule has 0 atom stereocenters. The Labute approximate surface area is 106 Å². The van der Waals surface area contributed by atoms with Gasteiger partial charge < -0.3 is 16.4 Å². The van der Waals surface area contributed by atoms with Crippen molar-refractivity contribution in [3.05, 3.63) is 11.8 Å². The number of hydrogen-bond donors (Lipinski definition) is 2. The molecule has 0 aliphatic carbocycles. The molecule has 0 saturated carbocycles. The first-order valence-corrected chi connectivity index (χ1v) is 5.68. The van der Waals surface area contributed by atoms with Gasteiger partial charge in [-0.3, -0.25) is 14.3 Å². The first kappa shape index (κ1) is 14.0. The van der Waals surface area contributed by atoms with Crippen LogP contribution in [0.15, 0.2) is 6.20 Å². The van der Waals surface area contributed by atoms with Crippen LogP contribution in [0.1, 0.15) is 24.2 Å². The van der Waals surface area contributed by atoms with E-state index in [1.807, 2.05) is 13.8 Å². The average molecular weight is 253 g/mol. The van der Waals surface area contributed by atoms with E-state index >= 15 is 0 Å². The van der Waals surface area contributed by atoms with E-state index in [-0.39, 0.29) is 24.2 Å². The zero-order valence-corrected chi connectivity index (χ0v) is 10.9. The van der Waals surface area contributed by atoms with Crippen LogP contribution in [0.5, 0.6) is 0 Å². The fourth-order valence-electron chi connectivity index (χ4n) is 1.63. The number of amides is 2. The number of aryl methyl sites for hydroxylation is 1. The summed E-state index contributed by atoms with van der Waals surface area (Å²) in [5, 5.41) is 3.91. The first-order valence-electron chi connectivity index (χ1n) is 5.68. The minimum atomic E-state index is -0.550. The molecule has 0 fully saturated rings. The molecule has 0 bridgehead atoms. The van der Waals surface area contributed by atoms with E-state index in [4.69, 9.17) is 11.5 Å². The molecule has 7 nitrogen and oxygen atoms in total. The molecule has 0 radical (unpaired) electrons. The smallest absolute Gasteiger partial charge is 0.259 e. The molecular formula is C11H19N5O2. The molecule has 1 aromatic heterocycles. The lowest BCUT2D eigenvalue weighted by atomic mass is 10.2. The Hall–Kier alpha value is -2.05. The van der Waals surface area contributed by atoms with E-state index in [0.29, 0.717) is 12.1 Å². The average Bonchev–Trinajstić information content (AvgIpc) is 2.56. The van der Waals surface area contributed by atoms with Gasteiger partial charge in [0.1, 0.15) is 11.4 Å². The molecule has 0 aromatic carbocycles. The van der Waals surface area contributed by atoms with Crippen LogP contribution < -0.4 is 11.5 Å². The lowest BCUT2D eigenvalue weighted by Crippen LogP contribution is -2.40. The number of nitrogen functional groups attached to an aromatic ring is 1. The second-order valence-corrected chi connectivity index (χ2v) is 4.61. The molecule has 0 aliphatic rings. The van der Waals surface area contributed by atoms with Gasteiger partial charge in [-0.05, 0) is 5.92 Å². The van der Waals surface area contributed by atoms with E-state index in [1.54, 1.807) is 7.05 Å². The molecule has 0 saturated heterocycles. The van der Waals surface area contributed by atoms with Gasteiger partial charge in [-0.1, -0.05) is 13.8 Å². The van der Waals surface area contributed by atoms with E-state index in [0.717, 1.165) is 0 Å². The van der Waals surface area contributed by atoms with Gasteiger partial charge in [-0.25, -0.2) is 0 Å². The van der Waals surface area contributed by atoms with Crippen molar-refractivity contribution in [2.45, 2.75) is 13.8 Å². The second kappa shape index (κ2) is 5.52. The van der Waals surface area contributed by atoms with Crippen molar-refractivity contribution < 1.29 is 9.59 Å². The molecule has 18 heavy (non-hydrogen) atoms. The number of aromatic nitrogens is 2. The van der Waals surface area contributed by atoms with Gasteiger partial charge in [-0.2, -0.15) is 5.10 Å². The number of hydrogen-bond acceptors (Lipinski definition) is 4. The summed E-state index contributed by atoms with van der Waals surface area (Å²) < 4.78 is 1.41. The number of rotatable bonds is 5. The van der Waals surface area contributed by atoms with Crippen molar-refractivity contribution >= 4 is 17.6 Å². The molecular weight excluding hydrogens is 234 g/mol. The Balaban J connectivity index is 2.94. The van der Waals surface area contributed by atoms with E-state index in [2.05, 4.69) is 5.10 Å². The number of anilines is 1. The number of nitrogens with zero attached hydrogens (tertiary/aromatic N) is 3. The Morgan fingerprint density at radius 3 is 2.50 bits per heavy atom. The Kier molecular flexibility index (Phi) is 4.30. The third-order valence-corrected chi connectivity index (χ3v) is 2.43. The highest BCUT2D eigenvalue weighted by Gasteiger charge is 2.22. The molecule has 100 valence electrons. The highest BCUT2D eigenvalue weighted by molar-refractivity contribution is 5.99. The standard InChI is InChI=1S/C11H19N5O2/c1-7(2)5-16(6-9(12)17)11(18)8-4-14-15(3)10(8)13/h4,7H,5-6,13H2,1-3H3,(H2,12,17). The fourth-order valence-corrected chi connectivity index (χ4v) is 1.63. The van der Waals surface area contributed by atoms with Gasteiger partial charge in [0.15, 0.2) is 0 Å². The summed E-state index contributed by atoms with van der Waals surface area (Å²) in [4.78, 5) is 24.6. The number of primary amides is 1. The van der Waals surface area contributed by atoms with Crippen molar-refractivity contribution in [2.24, 2.45) is 18.7 Å². The van der Waals surface area contributed by atoms with Gasteiger partial charge in [-0.15, -0.1) is 0 Å². The van der Waals surface area contributed by atoms with Crippen molar-refractivity contribution in [3.63, 3.8) is 0 Å². The van der Waals surface area contributed by atoms with Gasteiger partial charge in [0.2, 0.25) is 5.91 Å². The highest BCUT2D eigenvalue weighted by atomic mass is 16.2. The molecule has 1 heterocycles. The third kappa shape index (κ3) is 3.22. The molecule has 0 aliphatic heterocycles. The topological polar surface area (TPSA) is 107 Å². The maximum absolute atomic E-state index is 12.2. The molecule has 7 heteroatoms. The summed E-state index contributed by atoms with van der Waals surface area (Å²) in [6.07, 6.45) is 1.39. The summed E-state index contributed by atoms with van der Waals surface area (Å²) in [5.41, 5.74) is 11.2. The maximum atomic E-state index is 12.2. The first-order chi connectivity index (χ1) is 8.32. The lowest BCUT2D eigenvalue weighted by molar-refractivity contribution is -0.118. The predicted molar refractivity (Wildman–Crippen MR) is 67.6 cm³/mol. The molecule has 4 N–H and O–H groups in total. The second-order valence-electron chi connectivity index (χ2n) is 4.61. The van der Waals surface area contributed by atoms with Crippen LogP contribution in [0.4, 0.5) is 5.82 Å². The summed E-state index contributed by atoms with van der Waals surface area (Å²) in [7, 11) is 1.65. The minimum absolute atomic E-state index is 0.120. The fraction of sp³-hybridized carbons (Fsp3) is 0.545. The predicted octanol–water partition coefficient (Wildman–Crippen LogP) is -0.414. The SMILES string of the molecule is CC(C)CN(CC(N)=O)C(=O)c1cnn(C)c1N. The van der Waals surface area contributed by atoms with Crippen molar-refractivity contribution in [2.75, 3.05) is 18.8 Å². The van der Waals surface area contributed by atoms with Crippen LogP contribution in [0, 0.1) is 5.92 Å². The molecule has 1 aromatic rings. The van der Waals surface area contributed by atoms with Gasteiger partial charge in [0.05, 0.1) is 12.7 Å². The Morgan fingerprint density at radius 2 is 2.11 bits per heavy atom. The van der Waals surface area contributed by atoms with E-state index in [1.165, 1.54) is 15.8 Å². The van der Waals surface area contributed by atoms with Crippen molar-refractivity contribution in [1.82, 2.24) is 14.7 Å². The van der Waals surface area contributed by atoms with E-state index in [9.17, 15) is 9.59 Å². The molecule has 0 unspecified atom stereocenters. The quantitative estimate of drug-likeness (QED) is 0.743. The third-order valence-electron chi connectivity index (χ3n) is 2.43. The molecule has 2 amide bonds. The Bertz CT molecular complexity index is 452. The van der Waals surface area contributed by atoms with Crippen molar-refractivity contribution in [3.8, 4) is 0 Å². The van der Waals surface area contributed by atoms with Crippen LogP contribution in [-0.4, -0.2) is 39.6 Å². The van der Waals surface area contributed by atoms with Crippen LogP contribution in [0.25, 0.3) is 0 Å². The van der Waals surface area contributed by atoms with Gasteiger partial charge in [0.25, 0.3) is 5.91 Å². The van der Waals surface area contributed by atoms with E-state index < -0.39 is 5.91 Å². The lowest BCUT2D eigenvalue weighted by Gasteiger charge is -2.22. The van der Waals surface area contributed by atoms with Crippen LogP contribution >= 0.6 is 0 Å². The normalized spacial score (nSPS) is 10.7.